The van der Waals surface area contributed by atoms with Crippen LogP contribution in [0.2, 0.25) is 0 Å². The molecule has 2 saturated heterocycles. The molecule has 2 fully saturated rings. The summed E-state index contributed by atoms with van der Waals surface area (Å²) in [5.41, 5.74) is 4.32. The third kappa shape index (κ3) is 2.78. The molecule has 2 aromatic rings. The molecule has 0 amide bonds. The minimum absolute atomic E-state index is 0.554. The molecule has 25 heavy (non-hydrogen) atoms. The van der Waals surface area contributed by atoms with E-state index < -0.39 is 0 Å². The van der Waals surface area contributed by atoms with Gasteiger partial charge in [-0.2, -0.15) is 0 Å². The van der Waals surface area contributed by atoms with Crippen LogP contribution in [0.5, 0.6) is 0 Å². The lowest BCUT2D eigenvalue weighted by atomic mass is 9.93. The Bertz CT molecular complexity index is 729. The summed E-state index contributed by atoms with van der Waals surface area (Å²) < 4.78 is 5.60. The summed E-state index contributed by atoms with van der Waals surface area (Å²) in [7, 11) is 0. The van der Waals surface area contributed by atoms with E-state index in [0.717, 1.165) is 45.9 Å². The molecule has 0 N–H and O–H groups in total. The second kappa shape index (κ2) is 6.52. The van der Waals surface area contributed by atoms with Crippen molar-refractivity contribution in [3.05, 3.63) is 65.5 Å². The largest absolute Gasteiger partial charge is 0.379 e. The highest BCUT2D eigenvalue weighted by molar-refractivity contribution is 5.41. The maximum Gasteiger partial charge on any atom is 0.0594 e. The van der Waals surface area contributed by atoms with Gasteiger partial charge in [0.2, 0.25) is 0 Å². The summed E-state index contributed by atoms with van der Waals surface area (Å²) in [6, 6.07) is 15.9. The van der Waals surface area contributed by atoms with Gasteiger partial charge in [-0.3, -0.25) is 14.8 Å². The zero-order chi connectivity index (χ0) is 16.6. The van der Waals surface area contributed by atoms with Gasteiger partial charge in [0, 0.05) is 50.9 Å². The average molecular weight is 335 g/mol. The van der Waals surface area contributed by atoms with E-state index in [9.17, 15) is 0 Å². The smallest absolute Gasteiger partial charge is 0.0594 e. The van der Waals surface area contributed by atoms with Crippen molar-refractivity contribution in [2.24, 2.45) is 5.92 Å². The number of aromatic nitrogens is 1. The molecule has 3 atom stereocenters. The minimum atomic E-state index is 0.554. The molecule has 0 radical (unpaired) electrons. The standard InChI is InChI=1S/C21H25N3O/c1-2-7-18-17(6-1)19-14-23(13-16-5-3-4-8-22-16)15-20(19)21(18)24-9-11-25-12-10-24/h1-8,19-21H,9-15H2/t19-,20-,21-/m0/s1. The molecule has 0 saturated carbocycles. The highest BCUT2D eigenvalue weighted by Crippen LogP contribution is 2.51. The summed E-state index contributed by atoms with van der Waals surface area (Å²) in [5, 5.41) is 0. The molecule has 0 bridgehead atoms. The second-order valence-corrected chi connectivity index (χ2v) is 7.51. The van der Waals surface area contributed by atoms with Crippen LogP contribution in [0, 0.1) is 5.92 Å². The zero-order valence-corrected chi connectivity index (χ0v) is 14.6. The summed E-state index contributed by atoms with van der Waals surface area (Å²) >= 11 is 0. The monoisotopic (exact) mass is 335 g/mol. The number of hydrogen-bond donors (Lipinski definition) is 0. The molecular formula is C21H25N3O. The molecule has 130 valence electrons. The topological polar surface area (TPSA) is 28.6 Å². The van der Waals surface area contributed by atoms with Crippen molar-refractivity contribution in [1.82, 2.24) is 14.8 Å². The third-order valence-corrected chi connectivity index (χ3v) is 6.11. The van der Waals surface area contributed by atoms with Crippen LogP contribution in [0.25, 0.3) is 0 Å². The van der Waals surface area contributed by atoms with E-state index in [0.29, 0.717) is 17.9 Å². The zero-order valence-electron chi connectivity index (χ0n) is 14.6. The van der Waals surface area contributed by atoms with E-state index in [2.05, 4.69) is 51.2 Å². The Labute approximate surface area is 149 Å². The predicted molar refractivity (Wildman–Crippen MR) is 97.3 cm³/mol. The van der Waals surface area contributed by atoms with Crippen molar-refractivity contribution in [2.45, 2.75) is 18.5 Å². The Morgan fingerprint density at radius 3 is 2.56 bits per heavy atom. The third-order valence-electron chi connectivity index (χ3n) is 6.11. The van der Waals surface area contributed by atoms with Crippen LogP contribution in [0.15, 0.2) is 48.7 Å². The Kier molecular flexibility index (Phi) is 4.04. The van der Waals surface area contributed by atoms with Crippen molar-refractivity contribution in [3.63, 3.8) is 0 Å². The fourth-order valence-electron chi connectivity index (χ4n) is 5.08. The van der Waals surface area contributed by atoms with Crippen LogP contribution >= 0.6 is 0 Å². The van der Waals surface area contributed by atoms with E-state index in [1.807, 2.05) is 12.3 Å². The molecule has 3 heterocycles. The van der Waals surface area contributed by atoms with Crippen LogP contribution in [0.4, 0.5) is 0 Å². The first-order valence-electron chi connectivity index (χ1n) is 9.43. The lowest BCUT2D eigenvalue weighted by Crippen LogP contribution is -2.41. The fraction of sp³-hybridized carbons (Fsp3) is 0.476. The van der Waals surface area contributed by atoms with Gasteiger partial charge in [0.1, 0.15) is 0 Å². The quantitative estimate of drug-likeness (QED) is 0.862. The predicted octanol–water partition coefficient (Wildman–Crippen LogP) is 2.68. The molecular weight excluding hydrogens is 310 g/mol. The van der Waals surface area contributed by atoms with Crippen molar-refractivity contribution in [2.75, 3.05) is 39.4 Å². The van der Waals surface area contributed by atoms with Gasteiger partial charge in [-0.1, -0.05) is 30.3 Å². The lowest BCUT2D eigenvalue weighted by Gasteiger charge is -2.36. The first-order chi connectivity index (χ1) is 12.4. The van der Waals surface area contributed by atoms with Gasteiger partial charge >= 0.3 is 0 Å². The molecule has 1 aliphatic carbocycles. The van der Waals surface area contributed by atoms with Gasteiger partial charge in [0.05, 0.1) is 18.9 Å². The molecule has 0 unspecified atom stereocenters. The van der Waals surface area contributed by atoms with Crippen molar-refractivity contribution >= 4 is 0 Å². The van der Waals surface area contributed by atoms with E-state index in [4.69, 9.17) is 4.74 Å². The normalized spacial score (nSPS) is 29.5. The van der Waals surface area contributed by atoms with Crippen molar-refractivity contribution < 1.29 is 4.74 Å². The molecule has 4 heteroatoms. The molecule has 5 rings (SSSR count). The Hall–Kier alpha value is -1.75. The van der Waals surface area contributed by atoms with Gasteiger partial charge in [-0.25, -0.2) is 0 Å². The maximum absolute atomic E-state index is 5.60. The highest BCUT2D eigenvalue weighted by Gasteiger charge is 2.48. The summed E-state index contributed by atoms with van der Waals surface area (Å²) in [6.45, 7) is 7.13. The maximum atomic E-state index is 5.60. The van der Waals surface area contributed by atoms with Crippen LogP contribution < -0.4 is 0 Å². The lowest BCUT2D eigenvalue weighted by molar-refractivity contribution is 0.00469. The number of fused-ring (bicyclic) bond motifs is 3. The van der Waals surface area contributed by atoms with E-state index >= 15 is 0 Å². The van der Waals surface area contributed by atoms with Gasteiger partial charge in [0.25, 0.3) is 0 Å². The van der Waals surface area contributed by atoms with Gasteiger partial charge < -0.3 is 4.74 Å². The molecule has 4 nitrogen and oxygen atoms in total. The van der Waals surface area contributed by atoms with Crippen LogP contribution in [-0.4, -0.2) is 54.2 Å². The minimum Gasteiger partial charge on any atom is -0.379 e. The number of ether oxygens (including phenoxy) is 1. The number of nitrogens with zero attached hydrogens (tertiary/aromatic N) is 3. The number of likely N-dealkylation sites (tertiary alicyclic amines) is 1. The van der Waals surface area contributed by atoms with Crippen LogP contribution in [0.3, 0.4) is 0 Å². The van der Waals surface area contributed by atoms with Crippen LogP contribution in [-0.2, 0) is 11.3 Å². The fourth-order valence-corrected chi connectivity index (χ4v) is 5.08. The Balaban J connectivity index is 1.41. The number of pyridine rings is 1. The first-order valence-corrected chi connectivity index (χ1v) is 9.43. The van der Waals surface area contributed by atoms with E-state index in [1.165, 1.54) is 5.69 Å². The number of morpholine rings is 1. The van der Waals surface area contributed by atoms with Gasteiger partial charge in [-0.15, -0.1) is 0 Å². The van der Waals surface area contributed by atoms with E-state index in [1.54, 1.807) is 11.1 Å². The number of benzene rings is 1. The number of hydrogen-bond acceptors (Lipinski definition) is 4. The molecule has 3 aliphatic rings. The molecule has 1 aromatic carbocycles. The molecule has 0 spiro atoms. The van der Waals surface area contributed by atoms with Crippen LogP contribution in [0.1, 0.15) is 28.8 Å². The summed E-state index contributed by atoms with van der Waals surface area (Å²) in [4.78, 5) is 9.78. The molecule has 2 aliphatic heterocycles. The number of rotatable bonds is 3. The summed E-state index contributed by atoms with van der Waals surface area (Å²) in [5.74, 6) is 1.35. The molecule has 1 aromatic heterocycles. The second-order valence-electron chi connectivity index (χ2n) is 7.51. The Morgan fingerprint density at radius 1 is 0.960 bits per heavy atom. The summed E-state index contributed by atoms with van der Waals surface area (Å²) in [6.07, 6.45) is 1.90. The van der Waals surface area contributed by atoms with Gasteiger partial charge in [0.15, 0.2) is 0 Å². The highest BCUT2D eigenvalue weighted by atomic mass is 16.5. The SMILES string of the molecule is c1ccc(CN2C[C@H]3[C@@H](C2)c2ccccc2[C@@H]3N2CCOCC2)nc1. The van der Waals surface area contributed by atoms with Crippen molar-refractivity contribution in [1.29, 1.82) is 0 Å². The van der Waals surface area contributed by atoms with Crippen molar-refractivity contribution in [3.8, 4) is 0 Å². The Morgan fingerprint density at radius 2 is 1.76 bits per heavy atom. The van der Waals surface area contributed by atoms with E-state index in [-0.39, 0.29) is 0 Å². The first kappa shape index (κ1) is 15.5. The van der Waals surface area contributed by atoms with Gasteiger partial charge in [-0.05, 0) is 29.2 Å². The average Bonchev–Trinajstić information content (AvgIpc) is 3.19.